The molecular formula is C41H60N6O10. The fourth-order valence-corrected chi connectivity index (χ4v) is 7.08. The second kappa shape index (κ2) is 20.9. The minimum Gasteiger partial charge on any atom is -0.469 e. The van der Waals surface area contributed by atoms with Gasteiger partial charge in [-0.3, -0.25) is 33.6 Å². The molecule has 2 fully saturated rings. The predicted molar refractivity (Wildman–Crippen MR) is 208 cm³/mol. The summed E-state index contributed by atoms with van der Waals surface area (Å²) in [5.41, 5.74) is 2.15. The van der Waals surface area contributed by atoms with Gasteiger partial charge >= 0.3 is 12.1 Å². The zero-order valence-electron chi connectivity index (χ0n) is 34.1. The number of carbonyl (C=O) groups is 8. The van der Waals surface area contributed by atoms with E-state index in [-0.39, 0.29) is 56.1 Å². The summed E-state index contributed by atoms with van der Waals surface area (Å²) in [5.74, 6) is -5.03. The normalized spacial score (nSPS) is 19.2. The monoisotopic (exact) mass is 796 g/mol. The van der Waals surface area contributed by atoms with Crippen LogP contribution in [0.15, 0.2) is 24.3 Å². The molecule has 0 bridgehead atoms. The van der Waals surface area contributed by atoms with Gasteiger partial charge in [-0.15, -0.1) is 0 Å². The van der Waals surface area contributed by atoms with Crippen LogP contribution in [-0.4, -0.2) is 114 Å². The van der Waals surface area contributed by atoms with Crippen molar-refractivity contribution in [3.8, 4) is 0 Å². The quantitative estimate of drug-likeness (QED) is 0.0913. The number of hydrogen-bond acceptors (Lipinski definition) is 10. The predicted octanol–water partition coefficient (Wildman–Crippen LogP) is 2.30. The van der Waals surface area contributed by atoms with Crippen LogP contribution in [-0.2, 0) is 56.0 Å². The second-order valence-corrected chi connectivity index (χ2v) is 16.0. The zero-order valence-corrected chi connectivity index (χ0v) is 34.1. The Labute approximate surface area is 334 Å². The number of rotatable bonds is 19. The van der Waals surface area contributed by atoms with E-state index in [2.05, 4.69) is 26.0 Å². The molecule has 3 aliphatic rings. The third-order valence-corrected chi connectivity index (χ3v) is 10.6. The van der Waals surface area contributed by atoms with Crippen LogP contribution in [0, 0.1) is 11.8 Å². The van der Waals surface area contributed by atoms with E-state index in [1.807, 2.05) is 31.2 Å². The summed E-state index contributed by atoms with van der Waals surface area (Å²) < 4.78 is 10.6. The van der Waals surface area contributed by atoms with Gasteiger partial charge in [-0.25, -0.2) is 4.79 Å². The Balaban J connectivity index is 1.50. The van der Waals surface area contributed by atoms with E-state index < -0.39 is 71.7 Å². The van der Waals surface area contributed by atoms with Gasteiger partial charge in [-0.05, 0) is 61.5 Å². The lowest BCUT2D eigenvalue weighted by molar-refractivity contribution is -0.144. The second-order valence-electron chi connectivity index (χ2n) is 16.0. The Morgan fingerprint density at radius 1 is 0.860 bits per heavy atom. The number of fused-ring (bicyclic) bond motifs is 1. The lowest BCUT2D eigenvalue weighted by Crippen LogP contribution is -2.59. The number of esters is 1. The largest absolute Gasteiger partial charge is 0.469 e. The van der Waals surface area contributed by atoms with Gasteiger partial charge in [-0.2, -0.15) is 0 Å². The number of likely N-dealkylation sites (tertiary alicyclic amines) is 1. The molecule has 2 aliphatic heterocycles. The van der Waals surface area contributed by atoms with Crippen LogP contribution < -0.4 is 21.3 Å². The Morgan fingerprint density at radius 3 is 2.16 bits per heavy atom. The maximum Gasteiger partial charge on any atom is 0.410 e. The van der Waals surface area contributed by atoms with Gasteiger partial charge in [0.05, 0.1) is 19.7 Å². The molecule has 0 aromatic heterocycles. The summed E-state index contributed by atoms with van der Waals surface area (Å²) in [7, 11) is 1.29. The molecule has 6 amide bonds. The van der Waals surface area contributed by atoms with Crippen molar-refractivity contribution >= 4 is 47.4 Å². The maximum atomic E-state index is 14.5. The van der Waals surface area contributed by atoms with Crippen molar-refractivity contribution in [2.45, 2.75) is 142 Å². The molecule has 16 nitrogen and oxygen atoms in total. The molecule has 0 spiro atoms. The highest BCUT2D eigenvalue weighted by Gasteiger charge is 2.46. The van der Waals surface area contributed by atoms with Gasteiger partial charge in [0.1, 0.15) is 24.2 Å². The summed E-state index contributed by atoms with van der Waals surface area (Å²) in [4.78, 5) is 109. The lowest BCUT2D eigenvalue weighted by atomic mass is 9.98. The molecule has 1 aromatic rings. The number of nitrogens with zero attached hydrogens (tertiary/aromatic N) is 2. The van der Waals surface area contributed by atoms with Gasteiger partial charge in [0.15, 0.2) is 0 Å². The van der Waals surface area contributed by atoms with Crippen LogP contribution in [0.4, 0.5) is 4.79 Å². The van der Waals surface area contributed by atoms with Crippen LogP contribution in [0.3, 0.4) is 0 Å². The third kappa shape index (κ3) is 12.7. The summed E-state index contributed by atoms with van der Waals surface area (Å²) in [5, 5.41) is 10.9. The van der Waals surface area contributed by atoms with Crippen LogP contribution in [0.1, 0.15) is 104 Å². The Bertz CT molecular complexity index is 1640. The molecule has 1 aliphatic carbocycles. The molecule has 1 unspecified atom stereocenters. The number of ketones is 1. The molecule has 4 N–H and O–H groups in total. The van der Waals surface area contributed by atoms with E-state index in [4.69, 9.17) is 4.74 Å². The Morgan fingerprint density at radius 2 is 1.53 bits per heavy atom. The van der Waals surface area contributed by atoms with E-state index in [1.165, 1.54) is 12.0 Å². The number of ether oxygens (including phenoxy) is 2. The van der Waals surface area contributed by atoms with E-state index in [9.17, 15) is 38.4 Å². The standard InChI is InChI=1S/C41H60N6O10/c1-7-12-30(36(50)39(53)42-28-17-18-28)43-37(51)31-21-29(57-41(55)46-20-19-26-13-8-9-14-27(26)22-46)23-47(31)40(54)35(25(4)5)45-38(52)34(24(2)3)44-32(48)15-10-11-16-33(49)56-6/h8-9,13-14,24-25,28-31,34-35H,7,10-12,15-23H2,1-6H3,(H,42,53)(H,43,51)(H,44,48)(H,45,52)/t29-,30?,31-,34+,35-/m0/s1. The fraction of sp³-hybridized carbons (Fsp3) is 0.659. The molecule has 2 heterocycles. The number of unbranched alkanes of at least 4 members (excludes halogenated alkanes) is 1. The van der Waals surface area contributed by atoms with Crippen molar-refractivity contribution < 1.29 is 47.8 Å². The van der Waals surface area contributed by atoms with Crippen LogP contribution >= 0.6 is 0 Å². The van der Waals surface area contributed by atoms with Crippen molar-refractivity contribution in [3.63, 3.8) is 0 Å². The van der Waals surface area contributed by atoms with Crippen molar-refractivity contribution in [2.75, 3.05) is 20.2 Å². The number of carbonyl (C=O) groups excluding carboxylic acids is 8. The van der Waals surface area contributed by atoms with Gasteiger partial charge in [0, 0.05) is 38.4 Å². The highest BCUT2D eigenvalue weighted by molar-refractivity contribution is 6.38. The number of nitrogens with one attached hydrogen (secondary N) is 4. The SMILES string of the molecule is CCCC(NC(=O)[C@@H]1C[C@H](OC(=O)N2CCc3ccccc3C2)CN1C(=O)[C@@H](NC(=O)[C@H](NC(=O)CCCCC(=O)OC)C(C)C)C(C)C)C(=O)C(=O)NC1CC1. The summed E-state index contributed by atoms with van der Waals surface area (Å²) in [6.45, 7) is 9.43. The highest BCUT2D eigenvalue weighted by atomic mass is 16.6. The molecule has 1 aromatic carbocycles. The minimum atomic E-state index is -1.19. The molecule has 1 saturated heterocycles. The molecule has 5 atom stereocenters. The minimum absolute atomic E-state index is 0.0592. The van der Waals surface area contributed by atoms with Gasteiger partial charge in [0.2, 0.25) is 29.4 Å². The molecule has 16 heteroatoms. The molecule has 1 saturated carbocycles. The van der Waals surface area contributed by atoms with E-state index >= 15 is 0 Å². The first-order chi connectivity index (χ1) is 27.1. The number of amides is 6. The first-order valence-electron chi connectivity index (χ1n) is 20.3. The number of methoxy groups -OCH3 is 1. The van der Waals surface area contributed by atoms with Gasteiger partial charge < -0.3 is 40.5 Å². The first kappa shape index (κ1) is 44.7. The maximum absolute atomic E-state index is 14.5. The van der Waals surface area contributed by atoms with E-state index in [1.54, 1.807) is 32.6 Å². The first-order valence-corrected chi connectivity index (χ1v) is 20.3. The molecule has 57 heavy (non-hydrogen) atoms. The third-order valence-electron chi connectivity index (χ3n) is 10.6. The average molecular weight is 797 g/mol. The smallest absolute Gasteiger partial charge is 0.410 e. The topological polar surface area (TPSA) is 210 Å². The number of hydrogen-bond donors (Lipinski definition) is 4. The number of benzene rings is 1. The van der Waals surface area contributed by atoms with E-state index in [0.717, 1.165) is 24.0 Å². The number of Topliss-reactive ketones (excluding diaryl/α,β-unsaturated/α-hetero) is 1. The summed E-state index contributed by atoms with van der Waals surface area (Å²) in [6, 6.07) is 3.30. The van der Waals surface area contributed by atoms with Crippen molar-refractivity contribution in [3.05, 3.63) is 35.4 Å². The van der Waals surface area contributed by atoms with Crippen molar-refractivity contribution in [2.24, 2.45) is 11.8 Å². The van der Waals surface area contributed by atoms with Crippen molar-refractivity contribution in [1.82, 2.24) is 31.1 Å². The van der Waals surface area contributed by atoms with Gasteiger partial charge in [-0.1, -0.05) is 65.3 Å². The lowest BCUT2D eigenvalue weighted by Gasteiger charge is -2.32. The molecular weight excluding hydrogens is 736 g/mol. The van der Waals surface area contributed by atoms with E-state index in [0.29, 0.717) is 38.8 Å². The highest BCUT2D eigenvalue weighted by Crippen LogP contribution is 2.26. The van der Waals surface area contributed by atoms with Gasteiger partial charge in [0.25, 0.3) is 5.91 Å². The van der Waals surface area contributed by atoms with Crippen molar-refractivity contribution in [1.29, 1.82) is 0 Å². The molecule has 0 radical (unpaired) electrons. The Kier molecular flexibility index (Phi) is 16.4. The Hall–Kier alpha value is -5.02. The van der Waals surface area contributed by atoms with Crippen LogP contribution in [0.25, 0.3) is 0 Å². The average Bonchev–Trinajstić information content (AvgIpc) is 3.90. The zero-order chi connectivity index (χ0) is 41.8. The van der Waals surface area contributed by atoms with Crippen LogP contribution in [0.2, 0.25) is 0 Å². The molecule has 4 rings (SSSR count). The van der Waals surface area contributed by atoms with Crippen LogP contribution in [0.5, 0.6) is 0 Å². The summed E-state index contributed by atoms with van der Waals surface area (Å²) in [6.07, 6.45) is 2.44. The fourth-order valence-electron chi connectivity index (χ4n) is 7.08. The molecule has 314 valence electrons. The summed E-state index contributed by atoms with van der Waals surface area (Å²) >= 11 is 0.